The van der Waals surface area contributed by atoms with Crippen LogP contribution in [0.4, 0.5) is 0 Å². The Labute approximate surface area is 72.0 Å². The van der Waals surface area contributed by atoms with Gasteiger partial charge in [0.2, 0.25) is 0 Å². The van der Waals surface area contributed by atoms with Crippen LogP contribution in [0, 0.1) is 5.41 Å². The average molecular weight is 164 g/mol. The minimum absolute atomic E-state index is 0.0589. The SMILES string of the molecule is CC1=CC(C)(C)C(C=O)=CC1=O. The van der Waals surface area contributed by atoms with Crippen LogP contribution in [0.5, 0.6) is 0 Å². The van der Waals surface area contributed by atoms with Crippen LogP contribution in [0.1, 0.15) is 20.8 Å². The molecule has 0 aromatic carbocycles. The highest BCUT2D eigenvalue weighted by Crippen LogP contribution is 2.31. The molecule has 2 heteroatoms. The van der Waals surface area contributed by atoms with E-state index in [-0.39, 0.29) is 11.2 Å². The van der Waals surface area contributed by atoms with Gasteiger partial charge in [0, 0.05) is 11.0 Å². The molecule has 1 aliphatic rings. The molecule has 0 aliphatic heterocycles. The van der Waals surface area contributed by atoms with E-state index < -0.39 is 0 Å². The van der Waals surface area contributed by atoms with Crippen LogP contribution < -0.4 is 0 Å². The smallest absolute Gasteiger partial charge is 0.181 e. The highest BCUT2D eigenvalue weighted by atomic mass is 16.1. The summed E-state index contributed by atoms with van der Waals surface area (Å²) >= 11 is 0. The molecule has 0 aromatic rings. The summed E-state index contributed by atoms with van der Waals surface area (Å²) in [6, 6.07) is 0. The van der Waals surface area contributed by atoms with Crippen LogP contribution in [-0.2, 0) is 9.59 Å². The van der Waals surface area contributed by atoms with Crippen molar-refractivity contribution in [1.29, 1.82) is 0 Å². The molecule has 0 unspecified atom stereocenters. The molecule has 0 bridgehead atoms. The lowest BCUT2D eigenvalue weighted by Crippen LogP contribution is -2.20. The summed E-state index contributed by atoms with van der Waals surface area (Å²) in [4.78, 5) is 21.7. The van der Waals surface area contributed by atoms with Gasteiger partial charge in [-0.15, -0.1) is 0 Å². The normalized spacial score (nSPS) is 21.4. The molecule has 0 amide bonds. The standard InChI is InChI=1S/C10H12O2/c1-7-5-10(2,3)8(6-11)4-9(7)12/h4-6H,1-3H3. The first-order chi connectivity index (χ1) is 5.47. The maximum atomic E-state index is 11.1. The lowest BCUT2D eigenvalue weighted by molar-refractivity contribution is -0.112. The molecule has 64 valence electrons. The van der Waals surface area contributed by atoms with Crippen LogP contribution in [0.2, 0.25) is 0 Å². The number of rotatable bonds is 1. The van der Waals surface area contributed by atoms with E-state index in [0.29, 0.717) is 11.1 Å². The molecule has 0 spiro atoms. The highest BCUT2D eigenvalue weighted by Gasteiger charge is 2.26. The molecule has 0 aromatic heterocycles. The number of carbonyl (C=O) groups is 2. The first kappa shape index (κ1) is 8.91. The number of carbonyl (C=O) groups excluding carboxylic acids is 2. The van der Waals surface area contributed by atoms with E-state index in [0.717, 1.165) is 6.29 Å². The van der Waals surface area contributed by atoms with Crippen molar-refractivity contribution < 1.29 is 9.59 Å². The van der Waals surface area contributed by atoms with Crippen LogP contribution in [0.25, 0.3) is 0 Å². The summed E-state index contributed by atoms with van der Waals surface area (Å²) in [5, 5.41) is 0. The molecule has 0 heterocycles. The summed E-state index contributed by atoms with van der Waals surface area (Å²) in [6.45, 7) is 5.61. The molecule has 0 fully saturated rings. The number of aldehydes is 1. The Morgan fingerprint density at radius 2 is 2.00 bits per heavy atom. The molecular weight excluding hydrogens is 152 g/mol. The average Bonchev–Trinajstić information content (AvgIpc) is 1.96. The molecule has 1 aliphatic carbocycles. The largest absolute Gasteiger partial charge is 0.298 e. The second-order valence-corrected chi connectivity index (χ2v) is 3.63. The van der Waals surface area contributed by atoms with Gasteiger partial charge in [0.15, 0.2) is 5.78 Å². The van der Waals surface area contributed by atoms with E-state index in [9.17, 15) is 9.59 Å². The van der Waals surface area contributed by atoms with Gasteiger partial charge < -0.3 is 0 Å². The van der Waals surface area contributed by atoms with Crippen molar-refractivity contribution in [1.82, 2.24) is 0 Å². The molecule has 0 N–H and O–H groups in total. The van der Waals surface area contributed by atoms with E-state index in [1.54, 1.807) is 6.92 Å². The van der Waals surface area contributed by atoms with Gasteiger partial charge in [-0.05, 0) is 18.6 Å². The molecule has 1 rings (SSSR count). The second-order valence-electron chi connectivity index (χ2n) is 3.63. The van der Waals surface area contributed by atoms with Gasteiger partial charge in [-0.3, -0.25) is 9.59 Å². The Balaban J connectivity index is 3.14. The summed E-state index contributed by atoms with van der Waals surface area (Å²) in [6.07, 6.45) is 4.00. The Hall–Kier alpha value is -1.18. The Morgan fingerprint density at radius 1 is 1.42 bits per heavy atom. The maximum Gasteiger partial charge on any atom is 0.181 e. The van der Waals surface area contributed by atoms with Crippen molar-refractivity contribution >= 4 is 12.1 Å². The molecule has 2 nitrogen and oxygen atoms in total. The van der Waals surface area contributed by atoms with Crippen molar-refractivity contribution in [3.8, 4) is 0 Å². The molecule has 0 radical (unpaired) electrons. The van der Waals surface area contributed by atoms with Crippen molar-refractivity contribution in [3.05, 3.63) is 23.3 Å². The lowest BCUT2D eigenvalue weighted by atomic mass is 9.78. The third kappa shape index (κ3) is 1.37. The fourth-order valence-corrected chi connectivity index (χ4v) is 1.32. The number of ketones is 1. The minimum atomic E-state index is -0.292. The van der Waals surface area contributed by atoms with E-state index >= 15 is 0 Å². The summed E-state index contributed by atoms with van der Waals surface area (Å²) in [5.41, 5.74) is 0.975. The predicted molar refractivity (Wildman–Crippen MR) is 46.7 cm³/mol. The van der Waals surface area contributed by atoms with Crippen molar-refractivity contribution in [2.24, 2.45) is 5.41 Å². The van der Waals surface area contributed by atoms with Gasteiger partial charge in [-0.25, -0.2) is 0 Å². The molecular formula is C10H12O2. The minimum Gasteiger partial charge on any atom is -0.298 e. The quantitative estimate of drug-likeness (QED) is 0.552. The monoisotopic (exact) mass is 164 g/mol. The first-order valence-corrected chi connectivity index (χ1v) is 3.88. The molecule has 0 saturated carbocycles. The Kier molecular flexibility index (Phi) is 2.01. The summed E-state index contributed by atoms with van der Waals surface area (Å²) in [5.74, 6) is -0.0589. The summed E-state index contributed by atoms with van der Waals surface area (Å²) in [7, 11) is 0. The third-order valence-corrected chi connectivity index (χ3v) is 2.12. The summed E-state index contributed by atoms with van der Waals surface area (Å²) < 4.78 is 0. The van der Waals surface area contributed by atoms with Crippen molar-refractivity contribution in [2.75, 3.05) is 0 Å². The van der Waals surface area contributed by atoms with Crippen molar-refractivity contribution in [2.45, 2.75) is 20.8 Å². The lowest BCUT2D eigenvalue weighted by Gasteiger charge is -2.24. The zero-order valence-corrected chi connectivity index (χ0v) is 7.55. The fraction of sp³-hybridized carbons (Fsp3) is 0.400. The molecule has 0 atom stereocenters. The van der Waals surface area contributed by atoms with Gasteiger partial charge >= 0.3 is 0 Å². The predicted octanol–water partition coefficient (Wildman–Crippen LogP) is 1.67. The second kappa shape index (κ2) is 2.70. The maximum absolute atomic E-state index is 11.1. The van der Waals surface area contributed by atoms with Gasteiger partial charge in [0.1, 0.15) is 6.29 Å². The van der Waals surface area contributed by atoms with Crippen LogP contribution in [-0.4, -0.2) is 12.1 Å². The number of hydrogen-bond donors (Lipinski definition) is 0. The number of hydrogen-bond acceptors (Lipinski definition) is 2. The fourth-order valence-electron chi connectivity index (χ4n) is 1.32. The van der Waals surface area contributed by atoms with E-state index in [1.807, 2.05) is 19.9 Å². The first-order valence-electron chi connectivity index (χ1n) is 3.88. The van der Waals surface area contributed by atoms with Gasteiger partial charge in [0.25, 0.3) is 0 Å². The van der Waals surface area contributed by atoms with Crippen LogP contribution in [0.3, 0.4) is 0 Å². The third-order valence-electron chi connectivity index (χ3n) is 2.12. The number of allylic oxidation sites excluding steroid dienone is 4. The van der Waals surface area contributed by atoms with Gasteiger partial charge in [-0.2, -0.15) is 0 Å². The van der Waals surface area contributed by atoms with Crippen LogP contribution >= 0.6 is 0 Å². The zero-order valence-electron chi connectivity index (χ0n) is 7.55. The topological polar surface area (TPSA) is 34.1 Å². The van der Waals surface area contributed by atoms with Crippen LogP contribution in [0.15, 0.2) is 23.3 Å². The molecule has 0 saturated heterocycles. The Bertz CT molecular complexity index is 293. The van der Waals surface area contributed by atoms with Gasteiger partial charge in [0.05, 0.1) is 0 Å². The molecule has 12 heavy (non-hydrogen) atoms. The van der Waals surface area contributed by atoms with E-state index in [1.165, 1.54) is 6.08 Å². The Morgan fingerprint density at radius 3 is 2.50 bits per heavy atom. The zero-order chi connectivity index (χ0) is 9.35. The van der Waals surface area contributed by atoms with Gasteiger partial charge in [-0.1, -0.05) is 19.9 Å². The van der Waals surface area contributed by atoms with Crippen molar-refractivity contribution in [3.63, 3.8) is 0 Å². The van der Waals surface area contributed by atoms with E-state index in [4.69, 9.17) is 0 Å². The highest BCUT2D eigenvalue weighted by molar-refractivity contribution is 6.08. The van der Waals surface area contributed by atoms with E-state index in [2.05, 4.69) is 0 Å².